The van der Waals surface area contributed by atoms with Gasteiger partial charge in [0.05, 0.1) is 5.56 Å². The Balaban J connectivity index is 1.62. The Labute approximate surface area is 169 Å². The molecule has 0 bridgehead atoms. The van der Waals surface area contributed by atoms with Crippen molar-refractivity contribution in [2.75, 3.05) is 5.32 Å². The molecule has 0 radical (unpaired) electrons. The minimum atomic E-state index is -0.338. The quantitative estimate of drug-likeness (QED) is 0.520. The van der Waals surface area contributed by atoms with Crippen LogP contribution in [0.1, 0.15) is 56.7 Å². The van der Waals surface area contributed by atoms with Crippen molar-refractivity contribution in [2.45, 2.75) is 57.7 Å². The number of esters is 1. The number of carbonyl (C=O) groups excluding carboxylic acids is 1. The number of piperidine rings is 1. The summed E-state index contributed by atoms with van der Waals surface area (Å²) >= 11 is 0. The van der Waals surface area contributed by atoms with Crippen molar-refractivity contribution >= 4 is 17.2 Å². The summed E-state index contributed by atoms with van der Waals surface area (Å²) in [4.78, 5) is 12.6. The number of tetrazole rings is 1. The van der Waals surface area contributed by atoms with Gasteiger partial charge < -0.3 is 15.4 Å². The maximum Gasteiger partial charge on any atom is 0.338 e. The van der Waals surface area contributed by atoms with Crippen LogP contribution in [0.4, 0.5) is 5.69 Å². The number of nitrogens with zero attached hydrogens (tertiary/aromatic N) is 4. The Bertz CT molecular complexity index is 909. The van der Waals surface area contributed by atoms with Crippen LogP contribution >= 0.6 is 0 Å². The van der Waals surface area contributed by atoms with Crippen LogP contribution in [0.15, 0.2) is 30.5 Å². The highest BCUT2D eigenvalue weighted by atomic mass is 16.5. The molecule has 0 amide bonds. The summed E-state index contributed by atoms with van der Waals surface area (Å²) < 4.78 is 5.77. The number of nitriles is 1. The second kappa shape index (κ2) is 8.01. The summed E-state index contributed by atoms with van der Waals surface area (Å²) in [5.41, 5.74) is 1.24. The highest BCUT2D eigenvalue weighted by molar-refractivity contribution is 5.90. The van der Waals surface area contributed by atoms with Gasteiger partial charge in [0.25, 0.3) is 0 Å². The molecule has 1 aliphatic rings. The number of ether oxygens (including phenoxy) is 1. The molecule has 2 aromatic rings. The summed E-state index contributed by atoms with van der Waals surface area (Å²) in [7, 11) is 0. The van der Waals surface area contributed by atoms with Crippen molar-refractivity contribution in [3.05, 3.63) is 41.9 Å². The van der Waals surface area contributed by atoms with Crippen LogP contribution in [0, 0.1) is 11.3 Å². The molecule has 1 aromatic heterocycles. The molecular formula is C20H25N7O2. The van der Waals surface area contributed by atoms with Gasteiger partial charge in [-0.05, 0) is 57.2 Å². The predicted molar refractivity (Wildman–Crippen MR) is 108 cm³/mol. The molecule has 152 valence electrons. The summed E-state index contributed by atoms with van der Waals surface area (Å²) in [5.74, 6) is -0.136. The molecular weight excluding hydrogens is 370 g/mol. The van der Waals surface area contributed by atoms with E-state index < -0.39 is 0 Å². The van der Waals surface area contributed by atoms with Gasteiger partial charge in [-0.3, -0.25) is 0 Å². The Morgan fingerprint density at radius 1 is 1.24 bits per heavy atom. The lowest BCUT2D eigenvalue weighted by atomic mass is 9.81. The topological polar surface area (TPSA) is 129 Å². The zero-order chi connectivity index (χ0) is 21.1. The van der Waals surface area contributed by atoms with E-state index in [1.54, 1.807) is 24.3 Å². The molecule has 29 heavy (non-hydrogen) atoms. The van der Waals surface area contributed by atoms with E-state index in [2.05, 4.69) is 59.0 Å². The maximum absolute atomic E-state index is 12.6. The van der Waals surface area contributed by atoms with E-state index in [4.69, 9.17) is 4.74 Å². The summed E-state index contributed by atoms with van der Waals surface area (Å²) in [5, 5.41) is 29.0. The van der Waals surface area contributed by atoms with Gasteiger partial charge in [0, 0.05) is 35.8 Å². The lowest BCUT2D eigenvalue weighted by molar-refractivity contribution is -0.00637. The molecule has 0 aliphatic carbocycles. The van der Waals surface area contributed by atoms with Gasteiger partial charge in [-0.2, -0.15) is 10.5 Å². The lowest BCUT2D eigenvalue weighted by Gasteiger charge is -2.45. The third-order valence-electron chi connectivity index (χ3n) is 4.64. The van der Waals surface area contributed by atoms with Crippen molar-refractivity contribution in [3.63, 3.8) is 0 Å². The Kier molecular flexibility index (Phi) is 5.66. The van der Waals surface area contributed by atoms with Gasteiger partial charge in [-0.15, -0.1) is 10.2 Å². The number of H-pyrrole nitrogens is 1. The van der Waals surface area contributed by atoms with Crippen LogP contribution in [-0.2, 0) is 4.74 Å². The van der Waals surface area contributed by atoms with E-state index in [9.17, 15) is 10.1 Å². The number of rotatable bonds is 5. The number of carbonyl (C=O) groups is 1. The van der Waals surface area contributed by atoms with E-state index in [0.717, 1.165) is 12.8 Å². The zero-order valence-electron chi connectivity index (χ0n) is 17.0. The first-order valence-electron chi connectivity index (χ1n) is 9.38. The second-order valence-corrected chi connectivity index (χ2v) is 8.46. The average Bonchev–Trinajstić information content (AvgIpc) is 3.14. The van der Waals surface area contributed by atoms with Gasteiger partial charge in [-0.1, -0.05) is 0 Å². The summed E-state index contributed by atoms with van der Waals surface area (Å²) in [6.45, 7) is 8.47. The van der Waals surface area contributed by atoms with E-state index in [0.29, 0.717) is 11.3 Å². The van der Waals surface area contributed by atoms with Crippen LogP contribution in [0.25, 0.3) is 5.57 Å². The SMILES string of the molecule is CC1(C)CC(OC(=O)c2ccc(NC=C(C#N)c3nn[nH]n3)cc2)CC(C)(C)N1. The minimum absolute atomic E-state index is 0.0933. The van der Waals surface area contributed by atoms with Crippen molar-refractivity contribution in [2.24, 2.45) is 0 Å². The largest absolute Gasteiger partial charge is 0.459 e. The molecule has 0 unspecified atom stereocenters. The molecule has 1 saturated heterocycles. The van der Waals surface area contributed by atoms with Crippen LogP contribution in [0.5, 0.6) is 0 Å². The third kappa shape index (κ3) is 5.39. The molecule has 3 rings (SSSR count). The van der Waals surface area contributed by atoms with Gasteiger partial charge >= 0.3 is 5.97 Å². The Hall–Kier alpha value is -3.25. The number of benzene rings is 1. The molecule has 9 nitrogen and oxygen atoms in total. The third-order valence-corrected chi connectivity index (χ3v) is 4.64. The maximum atomic E-state index is 12.6. The molecule has 0 atom stereocenters. The van der Waals surface area contributed by atoms with E-state index >= 15 is 0 Å². The zero-order valence-corrected chi connectivity index (χ0v) is 17.0. The van der Waals surface area contributed by atoms with Gasteiger partial charge in [-0.25, -0.2) is 4.79 Å². The van der Waals surface area contributed by atoms with Crippen molar-refractivity contribution < 1.29 is 9.53 Å². The van der Waals surface area contributed by atoms with Crippen LogP contribution in [-0.4, -0.2) is 43.8 Å². The molecule has 3 N–H and O–H groups in total. The fourth-order valence-corrected chi connectivity index (χ4v) is 3.81. The first kappa shape index (κ1) is 20.5. The Morgan fingerprint density at radius 3 is 2.45 bits per heavy atom. The molecule has 1 aliphatic heterocycles. The number of aromatic amines is 1. The Morgan fingerprint density at radius 2 is 1.90 bits per heavy atom. The van der Waals surface area contributed by atoms with Crippen LogP contribution in [0.3, 0.4) is 0 Å². The normalized spacial score (nSPS) is 18.7. The van der Waals surface area contributed by atoms with Crippen LogP contribution < -0.4 is 10.6 Å². The van der Waals surface area contributed by atoms with Gasteiger partial charge in [0.2, 0.25) is 5.82 Å². The standard InChI is InChI=1S/C20H25N7O2/c1-19(2)9-16(10-20(3,4)25-19)29-18(28)13-5-7-15(8-6-13)22-12-14(11-21)17-23-26-27-24-17/h5-8,12,16,22,25H,9-10H2,1-4H3,(H,23,24,26,27). The van der Waals surface area contributed by atoms with Crippen molar-refractivity contribution in [3.8, 4) is 6.07 Å². The molecule has 1 aromatic carbocycles. The average molecular weight is 395 g/mol. The number of nitrogens with one attached hydrogen (secondary N) is 3. The number of aromatic nitrogens is 4. The highest BCUT2D eigenvalue weighted by Crippen LogP contribution is 2.30. The number of allylic oxidation sites excluding steroid dienone is 1. The molecule has 2 heterocycles. The fraction of sp³-hybridized carbons (Fsp3) is 0.450. The lowest BCUT2D eigenvalue weighted by Crippen LogP contribution is -2.59. The van der Waals surface area contributed by atoms with Crippen LogP contribution in [0.2, 0.25) is 0 Å². The summed E-state index contributed by atoms with van der Waals surface area (Å²) in [6.07, 6.45) is 2.87. The van der Waals surface area contributed by atoms with Crippen molar-refractivity contribution in [1.29, 1.82) is 5.26 Å². The van der Waals surface area contributed by atoms with E-state index in [-0.39, 0.29) is 34.5 Å². The molecule has 9 heteroatoms. The smallest absolute Gasteiger partial charge is 0.338 e. The number of hydrogen-bond acceptors (Lipinski definition) is 8. The summed E-state index contributed by atoms with van der Waals surface area (Å²) in [6, 6.07) is 8.87. The minimum Gasteiger partial charge on any atom is -0.459 e. The predicted octanol–water partition coefficient (Wildman–Crippen LogP) is 2.64. The van der Waals surface area contributed by atoms with E-state index in [1.807, 2.05) is 6.07 Å². The van der Waals surface area contributed by atoms with Gasteiger partial charge in [0.1, 0.15) is 17.7 Å². The molecule has 0 spiro atoms. The molecule has 1 fully saturated rings. The highest BCUT2D eigenvalue weighted by Gasteiger charge is 2.39. The second-order valence-electron chi connectivity index (χ2n) is 8.46. The first-order valence-corrected chi connectivity index (χ1v) is 9.38. The molecule has 0 saturated carbocycles. The number of anilines is 1. The monoisotopic (exact) mass is 395 g/mol. The van der Waals surface area contributed by atoms with E-state index in [1.165, 1.54) is 6.20 Å². The fourth-order valence-electron chi connectivity index (χ4n) is 3.81. The van der Waals surface area contributed by atoms with Gasteiger partial charge in [0.15, 0.2) is 0 Å². The number of hydrogen-bond donors (Lipinski definition) is 3. The van der Waals surface area contributed by atoms with Crippen molar-refractivity contribution in [1.82, 2.24) is 25.9 Å². The first-order chi connectivity index (χ1) is 13.7.